The van der Waals surface area contributed by atoms with Crippen molar-refractivity contribution >= 4 is 0 Å². The fraction of sp³-hybridized carbons (Fsp3) is 1.00. The highest BCUT2D eigenvalue weighted by Crippen LogP contribution is 2.71. The van der Waals surface area contributed by atoms with Crippen LogP contribution in [0, 0.1) is 52.3 Å². The van der Waals surface area contributed by atoms with Crippen molar-refractivity contribution in [2.45, 2.75) is 109 Å². The largest absolute Gasteiger partial charge is 0.390 e. The van der Waals surface area contributed by atoms with E-state index < -0.39 is 24.1 Å². The zero-order valence-electron chi connectivity index (χ0n) is 20.4. The Kier molecular flexibility index (Phi) is 4.99. The van der Waals surface area contributed by atoms with Crippen molar-refractivity contribution < 1.29 is 24.8 Å². The third-order valence-electron chi connectivity index (χ3n) is 12.0. The van der Waals surface area contributed by atoms with Gasteiger partial charge in [0, 0.05) is 5.92 Å². The number of ether oxygens (including phenoxy) is 2. The Morgan fingerprint density at radius 3 is 2.38 bits per heavy atom. The van der Waals surface area contributed by atoms with Crippen LogP contribution in [-0.2, 0) is 9.47 Å². The Morgan fingerprint density at radius 1 is 0.844 bits per heavy atom. The van der Waals surface area contributed by atoms with Gasteiger partial charge in [-0.2, -0.15) is 0 Å². The van der Waals surface area contributed by atoms with E-state index in [1.54, 1.807) is 0 Å². The minimum absolute atomic E-state index is 0.146. The number of hydrogen-bond acceptors (Lipinski definition) is 5. The highest BCUT2D eigenvalue weighted by Gasteiger charge is 2.70. The summed E-state index contributed by atoms with van der Waals surface area (Å²) in [5, 5.41) is 31.9. The molecule has 2 heterocycles. The molecule has 182 valence electrons. The first-order valence-corrected chi connectivity index (χ1v) is 13.5. The second kappa shape index (κ2) is 7.16. The van der Waals surface area contributed by atoms with Gasteiger partial charge in [-0.3, -0.25) is 0 Å². The molecule has 2 aliphatic heterocycles. The molecule has 0 aromatic carbocycles. The molecule has 14 atom stereocenters. The van der Waals surface area contributed by atoms with Crippen LogP contribution in [0.5, 0.6) is 0 Å². The topological polar surface area (TPSA) is 79.2 Å². The SMILES string of the molecule is CC1COC2(OC3CC4C5CCC6CC(O)C(O)CC6(C)C5CCC4(C)C3C2C)C(O)C1. The molecule has 2 saturated heterocycles. The van der Waals surface area contributed by atoms with Gasteiger partial charge in [-0.15, -0.1) is 0 Å². The van der Waals surface area contributed by atoms with Gasteiger partial charge in [-0.1, -0.05) is 27.7 Å². The summed E-state index contributed by atoms with van der Waals surface area (Å²) in [7, 11) is 0. The van der Waals surface area contributed by atoms with Crippen LogP contribution < -0.4 is 0 Å². The zero-order valence-corrected chi connectivity index (χ0v) is 20.4. The van der Waals surface area contributed by atoms with Gasteiger partial charge in [-0.25, -0.2) is 0 Å². The van der Waals surface area contributed by atoms with Gasteiger partial charge in [0.15, 0.2) is 5.79 Å². The normalized spacial score (nSPS) is 64.0. The molecule has 5 nitrogen and oxygen atoms in total. The summed E-state index contributed by atoms with van der Waals surface area (Å²) in [6, 6.07) is 0. The van der Waals surface area contributed by atoms with Gasteiger partial charge in [0.25, 0.3) is 0 Å². The molecule has 4 saturated carbocycles. The number of rotatable bonds is 0. The monoisotopic (exact) mass is 448 g/mol. The van der Waals surface area contributed by atoms with Crippen LogP contribution >= 0.6 is 0 Å². The summed E-state index contributed by atoms with van der Waals surface area (Å²) in [5.41, 5.74) is 0.379. The predicted molar refractivity (Wildman–Crippen MR) is 121 cm³/mol. The van der Waals surface area contributed by atoms with E-state index in [1.165, 1.54) is 25.7 Å². The van der Waals surface area contributed by atoms with Crippen molar-refractivity contribution in [1.82, 2.24) is 0 Å². The summed E-state index contributed by atoms with van der Waals surface area (Å²) >= 11 is 0. The molecule has 6 rings (SSSR count). The smallest absolute Gasteiger partial charge is 0.197 e. The van der Waals surface area contributed by atoms with Gasteiger partial charge in [0.05, 0.1) is 24.9 Å². The van der Waals surface area contributed by atoms with Crippen molar-refractivity contribution in [2.24, 2.45) is 52.3 Å². The Balaban J connectivity index is 1.27. The van der Waals surface area contributed by atoms with Gasteiger partial charge in [0.1, 0.15) is 6.10 Å². The second-order valence-electron chi connectivity index (χ2n) is 13.4. The van der Waals surface area contributed by atoms with Crippen LogP contribution in [0.3, 0.4) is 0 Å². The van der Waals surface area contributed by atoms with Crippen LogP contribution in [-0.4, -0.2) is 52.1 Å². The van der Waals surface area contributed by atoms with Gasteiger partial charge in [-0.05, 0) is 97.7 Å². The maximum Gasteiger partial charge on any atom is 0.197 e. The highest BCUT2D eigenvalue weighted by molar-refractivity contribution is 5.16. The highest BCUT2D eigenvalue weighted by atomic mass is 16.7. The van der Waals surface area contributed by atoms with E-state index in [9.17, 15) is 15.3 Å². The van der Waals surface area contributed by atoms with Crippen LogP contribution in [0.4, 0.5) is 0 Å². The fourth-order valence-electron chi connectivity index (χ4n) is 10.4. The lowest BCUT2D eigenvalue weighted by Gasteiger charge is -2.61. The zero-order chi connectivity index (χ0) is 22.6. The molecule has 0 aromatic heterocycles. The van der Waals surface area contributed by atoms with Crippen molar-refractivity contribution in [3.8, 4) is 0 Å². The molecule has 3 N–H and O–H groups in total. The van der Waals surface area contributed by atoms with Crippen molar-refractivity contribution in [2.75, 3.05) is 6.61 Å². The lowest BCUT2D eigenvalue weighted by Crippen LogP contribution is -2.58. The van der Waals surface area contributed by atoms with E-state index in [4.69, 9.17) is 9.47 Å². The molecule has 0 radical (unpaired) electrons. The number of aliphatic hydroxyl groups is 3. The molecular formula is C27H44O5. The number of hydrogen-bond donors (Lipinski definition) is 3. The fourth-order valence-corrected chi connectivity index (χ4v) is 10.4. The van der Waals surface area contributed by atoms with Crippen molar-refractivity contribution in [3.05, 3.63) is 0 Å². The third-order valence-corrected chi connectivity index (χ3v) is 12.0. The lowest BCUT2D eigenvalue weighted by molar-refractivity contribution is -0.316. The minimum atomic E-state index is -0.806. The van der Waals surface area contributed by atoms with Crippen LogP contribution in [0.1, 0.15) is 79.1 Å². The standard InChI is InChI=1S/C27H44O5/c1-14-9-23(30)27(31-13-14)15(2)24-22(32-27)11-19-17-6-5-16-10-20(28)21(29)12-26(16,4)18(17)7-8-25(19,24)3/h14-24,28-30H,5-13H2,1-4H3. The predicted octanol–water partition coefficient (Wildman–Crippen LogP) is 3.74. The molecule has 6 aliphatic rings. The van der Waals surface area contributed by atoms with Crippen LogP contribution in [0.25, 0.3) is 0 Å². The van der Waals surface area contributed by atoms with Crippen LogP contribution in [0.15, 0.2) is 0 Å². The summed E-state index contributed by atoms with van der Waals surface area (Å²) in [4.78, 5) is 0. The number of fused-ring (bicyclic) bond motifs is 7. The van der Waals surface area contributed by atoms with Gasteiger partial charge in [0.2, 0.25) is 0 Å². The van der Waals surface area contributed by atoms with E-state index in [0.29, 0.717) is 42.1 Å². The first-order chi connectivity index (χ1) is 15.1. The summed E-state index contributed by atoms with van der Waals surface area (Å²) in [6.07, 6.45) is 6.78. The molecule has 5 heteroatoms. The summed E-state index contributed by atoms with van der Waals surface area (Å²) in [5.74, 6) is 2.75. The third kappa shape index (κ3) is 2.75. The quantitative estimate of drug-likeness (QED) is 0.526. The molecule has 0 aromatic rings. The van der Waals surface area contributed by atoms with Crippen LogP contribution in [0.2, 0.25) is 0 Å². The van der Waals surface area contributed by atoms with E-state index in [0.717, 1.165) is 25.7 Å². The Morgan fingerprint density at radius 2 is 1.62 bits per heavy atom. The summed E-state index contributed by atoms with van der Waals surface area (Å²) < 4.78 is 13.1. The minimum Gasteiger partial charge on any atom is -0.390 e. The Bertz CT molecular complexity index is 758. The Hall–Kier alpha value is -0.200. The molecule has 32 heavy (non-hydrogen) atoms. The summed E-state index contributed by atoms with van der Waals surface area (Å²) in [6.45, 7) is 10.0. The average Bonchev–Trinajstić information content (AvgIpc) is 3.18. The second-order valence-corrected chi connectivity index (χ2v) is 13.4. The number of aliphatic hydroxyl groups excluding tert-OH is 3. The molecule has 14 unspecified atom stereocenters. The van der Waals surface area contributed by atoms with E-state index in [1.807, 2.05) is 0 Å². The molecule has 0 amide bonds. The van der Waals surface area contributed by atoms with Gasteiger partial charge < -0.3 is 24.8 Å². The first-order valence-electron chi connectivity index (χ1n) is 13.5. The molecule has 6 fully saturated rings. The van der Waals surface area contributed by atoms with E-state index in [-0.39, 0.29) is 22.9 Å². The average molecular weight is 449 g/mol. The van der Waals surface area contributed by atoms with Crippen molar-refractivity contribution in [1.29, 1.82) is 0 Å². The molecule has 1 spiro atoms. The lowest BCUT2D eigenvalue weighted by atomic mass is 9.44. The maximum atomic E-state index is 11.0. The first kappa shape index (κ1) is 22.3. The van der Waals surface area contributed by atoms with E-state index in [2.05, 4.69) is 27.7 Å². The van der Waals surface area contributed by atoms with Gasteiger partial charge >= 0.3 is 0 Å². The molecular weight excluding hydrogens is 404 g/mol. The maximum absolute atomic E-state index is 11.0. The molecule has 4 aliphatic carbocycles. The molecule has 0 bridgehead atoms. The van der Waals surface area contributed by atoms with E-state index >= 15 is 0 Å². The van der Waals surface area contributed by atoms with Crippen molar-refractivity contribution in [3.63, 3.8) is 0 Å². The Labute approximate surface area is 193 Å².